The van der Waals surface area contributed by atoms with Gasteiger partial charge in [-0.05, 0) is 30.3 Å². The van der Waals surface area contributed by atoms with Crippen LogP contribution in [0, 0.1) is 11.6 Å². The van der Waals surface area contributed by atoms with E-state index in [1.54, 1.807) is 10.8 Å². The van der Waals surface area contributed by atoms with Gasteiger partial charge in [0, 0.05) is 0 Å². The number of carbonyl (C=O) groups excluding carboxylic acids is 1. The van der Waals surface area contributed by atoms with Gasteiger partial charge in [0.25, 0.3) is 15.9 Å². The first kappa shape index (κ1) is 16.2. The summed E-state index contributed by atoms with van der Waals surface area (Å²) in [5, 5.41) is 0. The Morgan fingerprint density at radius 3 is 2.54 bits per heavy atom. The van der Waals surface area contributed by atoms with Crippen molar-refractivity contribution in [2.24, 2.45) is 0 Å². The van der Waals surface area contributed by atoms with E-state index in [0.717, 1.165) is 6.07 Å². The number of benzene rings is 2. The Bertz CT molecular complexity index is 914. The van der Waals surface area contributed by atoms with Gasteiger partial charge in [0.2, 0.25) is 0 Å². The van der Waals surface area contributed by atoms with Gasteiger partial charge in [-0.25, -0.2) is 21.9 Å². The summed E-state index contributed by atoms with van der Waals surface area (Å²) >= 11 is 0. The number of carbonyl (C=O) groups is 1. The lowest BCUT2D eigenvalue weighted by atomic mass is 10.1. The summed E-state index contributed by atoms with van der Waals surface area (Å²) in [5.74, 6) is -3.05. The maximum Gasteiger partial charge on any atom is 0.268 e. The van der Waals surface area contributed by atoms with Gasteiger partial charge >= 0.3 is 0 Å². The number of hydrogen-bond donors (Lipinski definition) is 1. The molecular weight excluding hydrogens is 344 g/mol. The van der Waals surface area contributed by atoms with Gasteiger partial charge in [-0.1, -0.05) is 6.07 Å². The monoisotopic (exact) mass is 355 g/mol. The highest BCUT2D eigenvalue weighted by Crippen LogP contribution is 2.33. The molecule has 1 heterocycles. The van der Waals surface area contributed by atoms with Crippen molar-refractivity contribution in [3.05, 3.63) is 53.6 Å². The fourth-order valence-corrected chi connectivity index (χ4v) is 3.11. The lowest BCUT2D eigenvalue weighted by Gasteiger charge is -2.20. The third kappa shape index (κ3) is 3.02. The minimum atomic E-state index is -4.38. The Kier molecular flexibility index (Phi) is 4.10. The number of amides is 1. The molecule has 0 saturated heterocycles. The van der Waals surface area contributed by atoms with E-state index in [9.17, 15) is 22.0 Å². The van der Waals surface area contributed by atoms with Gasteiger partial charge in [0.05, 0.1) is 10.5 Å². The van der Waals surface area contributed by atoms with Crippen molar-refractivity contribution in [2.45, 2.75) is 4.90 Å². The smallest absolute Gasteiger partial charge is 0.268 e. The molecule has 0 unspecified atom stereocenters. The second kappa shape index (κ2) is 6.08. The van der Waals surface area contributed by atoms with Crippen LogP contribution < -0.4 is 14.2 Å². The maximum atomic E-state index is 13.2. The zero-order chi connectivity index (χ0) is 17.3. The predicted octanol–water partition coefficient (Wildman–Crippen LogP) is 1.85. The summed E-state index contributed by atoms with van der Waals surface area (Å²) in [5.41, 5.74) is -0.0432. The molecule has 2 aromatic carbocycles. The second-order valence-electron chi connectivity index (χ2n) is 4.84. The van der Waals surface area contributed by atoms with Crippen molar-refractivity contribution in [3.63, 3.8) is 0 Å². The van der Waals surface area contributed by atoms with E-state index in [2.05, 4.69) is 0 Å². The summed E-state index contributed by atoms with van der Waals surface area (Å²) in [4.78, 5) is 11.7. The van der Waals surface area contributed by atoms with Crippen molar-refractivity contribution >= 4 is 15.9 Å². The van der Waals surface area contributed by atoms with Crippen molar-refractivity contribution in [1.29, 1.82) is 0 Å². The Morgan fingerprint density at radius 2 is 1.79 bits per heavy atom. The molecule has 24 heavy (non-hydrogen) atoms. The van der Waals surface area contributed by atoms with E-state index in [-0.39, 0.29) is 17.9 Å². The minimum Gasteiger partial charge on any atom is -0.486 e. The molecule has 126 valence electrons. The Morgan fingerprint density at radius 1 is 1.04 bits per heavy atom. The highest BCUT2D eigenvalue weighted by molar-refractivity contribution is 7.90. The van der Waals surface area contributed by atoms with Crippen LogP contribution in [0.4, 0.5) is 8.78 Å². The third-order valence-electron chi connectivity index (χ3n) is 3.24. The molecule has 1 aliphatic rings. The van der Waals surface area contributed by atoms with Crippen molar-refractivity contribution in [1.82, 2.24) is 4.72 Å². The molecule has 0 spiro atoms. The van der Waals surface area contributed by atoms with Crippen LogP contribution >= 0.6 is 0 Å². The molecule has 0 atom stereocenters. The Balaban J connectivity index is 1.90. The van der Waals surface area contributed by atoms with E-state index >= 15 is 0 Å². The molecule has 6 nitrogen and oxygen atoms in total. The fraction of sp³-hybridized carbons (Fsp3) is 0.133. The first-order valence-corrected chi connectivity index (χ1v) is 8.27. The van der Waals surface area contributed by atoms with Gasteiger partial charge in [0.15, 0.2) is 23.1 Å². The highest BCUT2D eigenvalue weighted by atomic mass is 32.2. The topological polar surface area (TPSA) is 81.7 Å². The number of hydrogen-bond acceptors (Lipinski definition) is 5. The largest absolute Gasteiger partial charge is 0.486 e. The van der Waals surface area contributed by atoms with E-state index < -0.39 is 32.5 Å². The molecule has 1 amide bonds. The molecule has 2 aromatic rings. The normalized spacial score (nSPS) is 13.4. The molecule has 1 aliphatic heterocycles. The van der Waals surface area contributed by atoms with Crippen LogP contribution in [0.15, 0.2) is 41.3 Å². The van der Waals surface area contributed by atoms with Gasteiger partial charge < -0.3 is 9.47 Å². The number of ether oxygens (including phenoxy) is 2. The molecule has 0 saturated carbocycles. The van der Waals surface area contributed by atoms with Crippen molar-refractivity contribution in [2.75, 3.05) is 13.2 Å². The molecule has 1 N–H and O–H groups in total. The van der Waals surface area contributed by atoms with Crippen LogP contribution in [0.1, 0.15) is 10.4 Å². The Labute approximate surface area is 136 Å². The summed E-state index contributed by atoms with van der Waals surface area (Å²) in [6, 6.07) is 6.46. The lowest BCUT2D eigenvalue weighted by Crippen LogP contribution is -2.31. The fourth-order valence-electron chi connectivity index (χ4n) is 2.13. The summed E-state index contributed by atoms with van der Waals surface area (Å²) in [7, 11) is -4.38. The highest BCUT2D eigenvalue weighted by Gasteiger charge is 2.25. The number of sulfonamides is 1. The standard InChI is InChI=1S/C15H11F2NO5S/c16-11-5-4-9(8-12(11)17)24(20,21)18-15(19)10-2-1-3-13-14(10)23-7-6-22-13/h1-5,8H,6-7H2,(H,18,19). The van der Waals surface area contributed by atoms with Gasteiger partial charge in [-0.3, -0.25) is 4.79 Å². The molecule has 0 fully saturated rings. The number of fused-ring (bicyclic) bond motifs is 1. The van der Waals surface area contributed by atoms with E-state index in [1.807, 2.05) is 0 Å². The third-order valence-corrected chi connectivity index (χ3v) is 4.57. The Hall–Kier alpha value is -2.68. The molecule has 0 bridgehead atoms. The number of para-hydroxylation sites is 1. The van der Waals surface area contributed by atoms with E-state index in [4.69, 9.17) is 9.47 Å². The summed E-state index contributed by atoms with van der Waals surface area (Å²) < 4.78 is 62.9. The zero-order valence-corrected chi connectivity index (χ0v) is 12.9. The van der Waals surface area contributed by atoms with Crippen LogP contribution in [-0.4, -0.2) is 27.5 Å². The average molecular weight is 355 g/mol. The molecule has 9 heteroatoms. The van der Waals surface area contributed by atoms with Crippen molar-refractivity contribution in [3.8, 4) is 11.5 Å². The minimum absolute atomic E-state index is 0.0432. The van der Waals surface area contributed by atoms with Crippen LogP contribution in [0.25, 0.3) is 0 Å². The summed E-state index contributed by atoms with van der Waals surface area (Å²) in [6.45, 7) is 0.526. The van der Waals surface area contributed by atoms with Gasteiger partial charge in [0.1, 0.15) is 13.2 Å². The molecule has 0 aromatic heterocycles. The maximum absolute atomic E-state index is 13.2. The SMILES string of the molecule is O=C(NS(=O)(=O)c1ccc(F)c(F)c1)c1cccc2c1OCCO2. The first-order chi connectivity index (χ1) is 11.4. The second-order valence-corrected chi connectivity index (χ2v) is 6.52. The molecule has 0 radical (unpaired) electrons. The number of halogens is 2. The number of nitrogens with one attached hydrogen (secondary N) is 1. The van der Waals surface area contributed by atoms with Gasteiger partial charge in [-0.15, -0.1) is 0 Å². The molecule has 3 rings (SSSR count). The quantitative estimate of drug-likeness (QED) is 0.909. The van der Waals surface area contributed by atoms with Crippen LogP contribution in [-0.2, 0) is 10.0 Å². The van der Waals surface area contributed by atoms with E-state index in [0.29, 0.717) is 24.5 Å². The zero-order valence-electron chi connectivity index (χ0n) is 12.1. The lowest BCUT2D eigenvalue weighted by molar-refractivity contribution is 0.0970. The average Bonchev–Trinajstić information content (AvgIpc) is 2.56. The van der Waals surface area contributed by atoms with Gasteiger partial charge in [-0.2, -0.15) is 0 Å². The molecule has 0 aliphatic carbocycles. The molecular formula is C15H11F2NO5S. The van der Waals surface area contributed by atoms with Crippen LogP contribution in [0.2, 0.25) is 0 Å². The number of rotatable bonds is 3. The predicted molar refractivity (Wildman–Crippen MR) is 78.4 cm³/mol. The first-order valence-electron chi connectivity index (χ1n) is 6.79. The van der Waals surface area contributed by atoms with Crippen LogP contribution in [0.5, 0.6) is 11.5 Å². The summed E-state index contributed by atoms with van der Waals surface area (Å²) in [6.07, 6.45) is 0. The van der Waals surface area contributed by atoms with E-state index in [1.165, 1.54) is 12.1 Å². The van der Waals surface area contributed by atoms with Crippen molar-refractivity contribution < 1.29 is 31.5 Å². The van der Waals surface area contributed by atoms with Crippen LogP contribution in [0.3, 0.4) is 0 Å².